The van der Waals surface area contributed by atoms with Gasteiger partial charge < -0.3 is 10.4 Å². The molecule has 4 N–H and O–H groups in total. The number of aliphatic hydroxyl groups excluding tert-OH is 1. The van der Waals surface area contributed by atoms with E-state index in [9.17, 15) is 18.0 Å². The van der Waals surface area contributed by atoms with Crippen molar-refractivity contribution < 1.29 is 27.9 Å². The third-order valence-electron chi connectivity index (χ3n) is 3.47. The second-order valence-electron chi connectivity index (χ2n) is 5.54. The van der Waals surface area contributed by atoms with Gasteiger partial charge in [-0.15, -0.1) is 0 Å². The van der Waals surface area contributed by atoms with Crippen LogP contribution in [-0.4, -0.2) is 30.4 Å². The maximum absolute atomic E-state index is 14.2. The molecular weight excluding hydrogens is 478 g/mol. The number of anilines is 2. The first-order valence-corrected chi connectivity index (χ1v) is 8.87. The fraction of sp³-hybridized carbons (Fsp3) is 0.235. The first-order chi connectivity index (χ1) is 12.8. The Balaban J connectivity index is 2.21. The van der Waals surface area contributed by atoms with Crippen molar-refractivity contribution in [3.63, 3.8) is 0 Å². The number of aliphatic hydroxyl groups is 1. The van der Waals surface area contributed by atoms with E-state index in [0.29, 0.717) is 3.57 Å². The molecule has 0 heterocycles. The highest BCUT2D eigenvalue weighted by molar-refractivity contribution is 14.1. The average Bonchev–Trinajstić information content (AvgIpc) is 2.61. The summed E-state index contributed by atoms with van der Waals surface area (Å²) in [6.07, 6.45) is 0. The van der Waals surface area contributed by atoms with E-state index in [2.05, 4.69) is 16.1 Å². The molecule has 0 radical (unpaired) electrons. The summed E-state index contributed by atoms with van der Waals surface area (Å²) in [7, 11) is 0. The van der Waals surface area contributed by atoms with Crippen molar-refractivity contribution >= 4 is 39.9 Å². The van der Waals surface area contributed by atoms with Gasteiger partial charge in [0, 0.05) is 9.61 Å². The zero-order valence-electron chi connectivity index (χ0n) is 14.2. The molecule has 1 unspecified atom stereocenters. The summed E-state index contributed by atoms with van der Waals surface area (Å²) in [5.41, 5.74) is 1.20. The summed E-state index contributed by atoms with van der Waals surface area (Å²) in [5, 5.41) is 13.8. The molecule has 0 spiro atoms. The zero-order chi connectivity index (χ0) is 20.0. The Kier molecular flexibility index (Phi) is 7.83. The number of carbonyl (C=O) groups is 1. The molecule has 2 aromatic carbocycles. The minimum absolute atomic E-state index is 0.0183. The third kappa shape index (κ3) is 5.79. The maximum atomic E-state index is 14.2. The number of carbonyl (C=O) groups excluding carboxylic acids is 1. The van der Waals surface area contributed by atoms with Gasteiger partial charge in [-0.2, -0.15) is 0 Å². The SMILES string of the molecule is CC(CONC(=O)c1ccc(F)c(F)c1Nc1ccc(I)cc1F)NCO. The van der Waals surface area contributed by atoms with Crippen molar-refractivity contribution in [2.75, 3.05) is 18.7 Å². The third-order valence-corrected chi connectivity index (χ3v) is 4.14. The molecule has 1 amide bonds. The highest BCUT2D eigenvalue weighted by Gasteiger charge is 2.20. The number of hydrogen-bond donors (Lipinski definition) is 4. The van der Waals surface area contributed by atoms with E-state index < -0.39 is 29.0 Å². The normalized spacial score (nSPS) is 11.9. The minimum Gasteiger partial charge on any atom is -0.381 e. The fourth-order valence-corrected chi connectivity index (χ4v) is 2.54. The summed E-state index contributed by atoms with van der Waals surface area (Å²) >= 11 is 1.91. The van der Waals surface area contributed by atoms with Gasteiger partial charge in [-0.3, -0.25) is 14.9 Å². The van der Waals surface area contributed by atoms with E-state index in [1.165, 1.54) is 12.1 Å². The Morgan fingerprint density at radius 3 is 2.63 bits per heavy atom. The van der Waals surface area contributed by atoms with Crippen LogP contribution in [0.3, 0.4) is 0 Å². The Morgan fingerprint density at radius 1 is 1.22 bits per heavy atom. The lowest BCUT2D eigenvalue weighted by Crippen LogP contribution is -2.35. The number of benzene rings is 2. The van der Waals surface area contributed by atoms with Gasteiger partial charge in [0.25, 0.3) is 5.91 Å². The molecule has 0 aliphatic heterocycles. The van der Waals surface area contributed by atoms with E-state index >= 15 is 0 Å². The number of halogens is 4. The Labute approximate surface area is 167 Å². The molecule has 0 aliphatic carbocycles. The minimum atomic E-state index is -1.32. The topological polar surface area (TPSA) is 82.6 Å². The first kappa shape index (κ1) is 21.4. The Bertz CT molecular complexity index is 823. The van der Waals surface area contributed by atoms with E-state index in [0.717, 1.165) is 12.1 Å². The number of hydroxylamine groups is 1. The van der Waals surface area contributed by atoms with E-state index in [-0.39, 0.29) is 30.6 Å². The smallest absolute Gasteiger partial charge is 0.277 e. The second kappa shape index (κ2) is 9.88. The molecule has 0 fully saturated rings. The molecule has 6 nitrogen and oxygen atoms in total. The van der Waals surface area contributed by atoms with Crippen LogP contribution in [-0.2, 0) is 4.84 Å². The first-order valence-electron chi connectivity index (χ1n) is 7.80. The molecule has 10 heteroatoms. The van der Waals surface area contributed by atoms with Gasteiger partial charge in [0.05, 0.1) is 30.3 Å². The van der Waals surface area contributed by atoms with Crippen LogP contribution in [0.2, 0.25) is 0 Å². The van der Waals surface area contributed by atoms with Crippen molar-refractivity contribution in [2.24, 2.45) is 0 Å². The summed E-state index contributed by atoms with van der Waals surface area (Å²) in [4.78, 5) is 17.3. The number of rotatable bonds is 8. The molecule has 1 atom stereocenters. The molecular formula is C17H17F3IN3O3. The molecule has 0 saturated carbocycles. The molecule has 27 heavy (non-hydrogen) atoms. The lowest BCUT2D eigenvalue weighted by atomic mass is 10.1. The van der Waals surface area contributed by atoms with Gasteiger partial charge in [0.15, 0.2) is 11.6 Å². The van der Waals surface area contributed by atoms with Crippen molar-refractivity contribution in [2.45, 2.75) is 13.0 Å². The van der Waals surface area contributed by atoms with Crippen LogP contribution in [0.1, 0.15) is 17.3 Å². The van der Waals surface area contributed by atoms with Gasteiger partial charge in [0.1, 0.15) is 5.82 Å². The van der Waals surface area contributed by atoms with E-state index in [4.69, 9.17) is 9.94 Å². The molecule has 0 bridgehead atoms. The fourth-order valence-electron chi connectivity index (χ4n) is 2.09. The van der Waals surface area contributed by atoms with Crippen LogP contribution in [0.4, 0.5) is 24.5 Å². The lowest BCUT2D eigenvalue weighted by molar-refractivity contribution is 0.0217. The van der Waals surface area contributed by atoms with E-state index in [1.807, 2.05) is 22.6 Å². The van der Waals surface area contributed by atoms with Crippen LogP contribution < -0.4 is 16.1 Å². The number of amides is 1. The summed E-state index contributed by atoms with van der Waals surface area (Å²) in [6.45, 7) is 1.45. The van der Waals surface area contributed by atoms with Crippen molar-refractivity contribution in [1.29, 1.82) is 0 Å². The number of nitrogens with one attached hydrogen (secondary N) is 3. The predicted molar refractivity (Wildman–Crippen MR) is 102 cm³/mol. The lowest BCUT2D eigenvalue weighted by Gasteiger charge is -2.15. The van der Waals surface area contributed by atoms with Crippen molar-refractivity contribution in [3.05, 3.63) is 56.9 Å². The largest absolute Gasteiger partial charge is 0.381 e. The maximum Gasteiger partial charge on any atom is 0.277 e. The second-order valence-corrected chi connectivity index (χ2v) is 6.78. The van der Waals surface area contributed by atoms with Crippen LogP contribution in [0.25, 0.3) is 0 Å². The Hall–Kier alpha value is -1.89. The molecule has 0 aliphatic rings. The molecule has 0 saturated heterocycles. The molecule has 2 rings (SSSR count). The van der Waals surface area contributed by atoms with Crippen molar-refractivity contribution in [1.82, 2.24) is 10.8 Å². The highest BCUT2D eigenvalue weighted by Crippen LogP contribution is 2.28. The summed E-state index contributed by atoms with van der Waals surface area (Å²) in [5.74, 6) is -4.05. The van der Waals surface area contributed by atoms with Crippen LogP contribution in [0.15, 0.2) is 30.3 Å². The zero-order valence-corrected chi connectivity index (χ0v) is 16.3. The highest BCUT2D eigenvalue weighted by atomic mass is 127. The monoisotopic (exact) mass is 495 g/mol. The van der Waals surface area contributed by atoms with Gasteiger partial charge in [-0.25, -0.2) is 18.7 Å². The van der Waals surface area contributed by atoms with Gasteiger partial charge in [0.2, 0.25) is 0 Å². The Morgan fingerprint density at radius 2 is 1.96 bits per heavy atom. The van der Waals surface area contributed by atoms with Crippen LogP contribution in [0, 0.1) is 21.0 Å². The number of hydrogen-bond acceptors (Lipinski definition) is 5. The standard InChI is InChI=1S/C17H17F3IN3O3/c1-9(22-8-25)7-27-24-17(26)11-3-4-12(18)15(20)16(11)23-14-5-2-10(21)6-13(14)19/h2-6,9,22-23,25H,7-8H2,1H3,(H,24,26). The molecule has 2 aromatic rings. The molecule has 146 valence electrons. The quantitative estimate of drug-likeness (QED) is 0.257. The van der Waals surface area contributed by atoms with Gasteiger partial charge in [-0.05, 0) is 59.8 Å². The van der Waals surface area contributed by atoms with Crippen LogP contribution >= 0.6 is 22.6 Å². The molecule has 0 aromatic heterocycles. The van der Waals surface area contributed by atoms with E-state index in [1.54, 1.807) is 13.0 Å². The summed E-state index contributed by atoms with van der Waals surface area (Å²) < 4.78 is 42.5. The van der Waals surface area contributed by atoms with Gasteiger partial charge >= 0.3 is 0 Å². The predicted octanol–water partition coefficient (Wildman–Crippen LogP) is 3.04. The van der Waals surface area contributed by atoms with Crippen LogP contribution in [0.5, 0.6) is 0 Å². The average molecular weight is 495 g/mol. The summed E-state index contributed by atoms with van der Waals surface area (Å²) in [6, 6.07) is 5.70. The van der Waals surface area contributed by atoms with Crippen molar-refractivity contribution in [3.8, 4) is 0 Å². The van der Waals surface area contributed by atoms with Gasteiger partial charge in [-0.1, -0.05) is 0 Å².